The summed E-state index contributed by atoms with van der Waals surface area (Å²) in [5.41, 5.74) is 0.599. The number of nitrogens with zero attached hydrogens (tertiary/aromatic N) is 1. The highest BCUT2D eigenvalue weighted by molar-refractivity contribution is 5.89. The van der Waals surface area contributed by atoms with Crippen molar-refractivity contribution in [3.05, 3.63) is 69.8 Å². The molecule has 2 rings (SSSR count). The van der Waals surface area contributed by atoms with Crippen LogP contribution in [-0.2, 0) is 27.4 Å². The number of nitrogens with one attached hydrogen (secondary N) is 2. The summed E-state index contributed by atoms with van der Waals surface area (Å²) in [5, 5.41) is 34.4. The third kappa shape index (κ3) is 7.47. The number of hydrogen-bond acceptors (Lipinski definition) is 8. The van der Waals surface area contributed by atoms with E-state index in [1.54, 1.807) is 30.3 Å². The minimum Gasteiger partial charge on any atom is -0.496 e. The number of carboxylic acid groups (broad SMARTS) is 1. The quantitative estimate of drug-likeness (QED) is 0.281. The van der Waals surface area contributed by atoms with Crippen molar-refractivity contribution < 1.29 is 39.0 Å². The lowest BCUT2D eigenvalue weighted by Gasteiger charge is -2.20. The van der Waals surface area contributed by atoms with Crippen LogP contribution in [0.5, 0.6) is 5.75 Å². The number of hydrogen-bond donors (Lipinski definition) is 4. The molecule has 33 heavy (non-hydrogen) atoms. The topological polar surface area (TPSA) is 177 Å². The van der Waals surface area contributed by atoms with Crippen LogP contribution in [0.4, 0.5) is 10.5 Å². The van der Waals surface area contributed by atoms with E-state index in [0.717, 1.165) is 6.07 Å². The lowest BCUT2D eigenvalue weighted by Crippen LogP contribution is -2.53. The van der Waals surface area contributed by atoms with Crippen molar-refractivity contribution in [1.82, 2.24) is 10.6 Å². The SMILES string of the molecule is COc1ccc([N+](=O)[O-])cc1C[C@@H](NC(=O)[C@H](CO)NC(=O)OCc1ccccc1)C(=O)O. The smallest absolute Gasteiger partial charge is 0.408 e. The zero-order valence-corrected chi connectivity index (χ0v) is 17.6. The molecule has 0 aliphatic heterocycles. The predicted molar refractivity (Wildman–Crippen MR) is 114 cm³/mol. The number of benzene rings is 2. The van der Waals surface area contributed by atoms with Crippen molar-refractivity contribution in [2.45, 2.75) is 25.1 Å². The Balaban J connectivity index is 2.04. The summed E-state index contributed by atoms with van der Waals surface area (Å²) in [4.78, 5) is 46.5. The monoisotopic (exact) mass is 461 g/mol. The van der Waals surface area contributed by atoms with Gasteiger partial charge in [0.25, 0.3) is 5.69 Å². The third-order valence-electron chi connectivity index (χ3n) is 4.52. The summed E-state index contributed by atoms with van der Waals surface area (Å²) in [6.07, 6.45) is -1.33. The molecule has 0 bridgehead atoms. The van der Waals surface area contributed by atoms with Crippen LogP contribution >= 0.6 is 0 Å². The number of carbonyl (C=O) groups is 3. The fraction of sp³-hybridized carbons (Fsp3) is 0.286. The molecule has 2 atom stereocenters. The first kappa shape index (κ1) is 25.1. The maximum absolute atomic E-state index is 12.5. The molecule has 0 heterocycles. The Labute approximate surface area is 188 Å². The summed E-state index contributed by atoms with van der Waals surface area (Å²) in [7, 11) is 1.31. The first-order valence-electron chi connectivity index (χ1n) is 9.67. The highest BCUT2D eigenvalue weighted by Crippen LogP contribution is 2.25. The summed E-state index contributed by atoms with van der Waals surface area (Å²) >= 11 is 0. The van der Waals surface area contributed by atoms with Gasteiger partial charge in [0, 0.05) is 24.1 Å². The van der Waals surface area contributed by atoms with E-state index in [0.29, 0.717) is 5.56 Å². The van der Waals surface area contributed by atoms with Crippen molar-refractivity contribution in [3.8, 4) is 5.75 Å². The van der Waals surface area contributed by atoms with E-state index in [-0.39, 0.29) is 30.0 Å². The zero-order valence-electron chi connectivity index (χ0n) is 17.6. The van der Waals surface area contributed by atoms with Crippen LogP contribution in [-0.4, -0.2) is 58.9 Å². The van der Waals surface area contributed by atoms with Gasteiger partial charge in [-0.05, 0) is 11.6 Å². The number of alkyl carbamates (subject to hydrolysis) is 1. The van der Waals surface area contributed by atoms with Crippen molar-refractivity contribution in [2.24, 2.45) is 0 Å². The molecule has 0 unspecified atom stereocenters. The van der Waals surface area contributed by atoms with E-state index in [4.69, 9.17) is 9.47 Å². The number of amides is 2. The first-order valence-corrected chi connectivity index (χ1v) is 9.67. The molecule has 12 heteroatoms. The predicted octanol–water partition coefficient (Wildman–Crippen LogP) is 1.00. The summed E-state index contributed by atoms with van der Waals surface area (Å²) in [6.45, 7) is -0.893. The molecule has 0 fully saturated rings. The minimum atomic E-state index is -1.52. The Kier molecular flexibility index (Phi) is 9.12. The van der Waals surface area contributed by atoms with Gasteiger partial charge in [-0.2, -0.15) is 0 Å². The Bertz CT molecular complexity index is 998. The fourth-order valence-electron chi connectivity index (χ4n) is 2.83. The average Bonchev–Trinajstić information content (AvgIpc) is 2.81. The van der Waals surface area contributed by atoms with Gasteiger partial charge in [0.1, 0.15) is 24.4 Å². The van der Waals surface area contributed by atoms with Gasteiger partial charge in [0.05, 0.1) is 18.6 Å². The lowest BCUT2D eigenvalue weighted by molar-refractivity contribution is -0.384. The molecular formula is C21H23N3O9. The van der Waals surface area contributed by atoms with Crippen molar-refractivity contribution in [1.29, 1.82) is 0 Å². The number of aliphatic carboxylic acids is 1. The van der Waals surface area contributed by atoms with E-state index >= 15 is 0 Å². The van der Waals surface area contributed by atoms with Gasteiger partial charge in [0.15, 0.2) is 0 Å². The molecule has 0 saturated carbocycles. The number of methoxy groups -OCH3 is 1. The van der Waals surface area contributed by atoms with Gasteiger partial charge >= 0.3 is 12.1 Å². The Hall–Kier alpha value is -4.19. The van der Waals surface area contributed by atoms with E-state index < -0.39 is 41.6 Å². The number of rotatable bonds is 11. The van der Waals surface area contributed by atoms with Gasteiger partial charge < -0.3 is 30.3 Å². The lowest BCUT2D eigenvalue weighted by atomic mass is 10.0. The van der Waals surface area contributed by atoms with Crippen LogP contribution in [0.2, 0.25) is 0 Å². The molecule has 2 amide bonds. The van der Waals surface area contributed by atoms with Crippen LogP contribution < -0.4 is 15.4 Å². The molecule has 4 N–H and O–H groups in total. The van der Waals surface area contributed by atoms with Crippen LogP contribution in [0.3, 0.4) is 0 Å². The second-order valence-corrected chi connectivity index (χ2v) is 6.80. The summed E-state index contributed by atoms with van der Waals surface area (Å²) in [6, 6.07) is 9.39. The molecule has 0 saturated heterocycles. The maximum Gasteiger partial charge on any atom is 0.408 e. The molecule has 176 valence electrons. The molecule has 12 nitrogen and oxygen atoms in total. The number of aliphatic hydroxyl groups is 1. The Morgan fingerprint density at radius 2 is 1.79 bits per heavy atom. The molecular weight excluding hydrogens is 438 g/mol. The van der Waals surface area contributed by atoms with Gasteiger partial charge in [-0.15, -0.1) is 0 Å². The zero-order chi connectivity index (χ0) is 24.4. The molecule has 0 aliphatic rings. The number of nitro groups is 1. The number of carbonyl (C=O) groups excluding carboxylic acids is 2. The maximum atomic E-state index is 12.5. The number of aliphatic hydroxyl groups excluding tert-OH is 1. The first-order chi connectivity index (χ1) is 15.7. The summed E-state index contributed by atoms with van der Waals surface area (Å²) in [5.74, 6) is -2.21. The summed E-state index contributed by atoms with van der Waals surface area (Å²) < 4.78 is 10.1. The van der Waals surface area contributed by atoms with Crippen molar-refractivity contribution in [2.75, 3.05) is 13.7 Å². The van der Waals surface area contributed by atoms with Crippen LogP contribution in [0.1, 0.15) is 11.1 Å². The number of carboxylic acids is 1. The Morgan fingerprint density at radius 3 is 2.36 bits per heavy atom. The van der Waals surface area contributed by atoms with Gasteiger partial charge in [-0.3, -0.25) is 14.9 Å². The number of nitro benzene ring substituents is 1. The number of ether oxygens (including phenoxy) is 2. The van der Waals surface area contributed by atoms with E-state index in [2.05, 4.69) is 10.6 Å². The minimum absolute atomic E-state index is 0.0726. The number of non-ortho nitro benzene ring substituents is 1. The molecule has 2 aromatic carbocycles. The molecule has 0 aliphatic carbocycles. The molecule has 0 radical (unpaired) electrons. The third-order valence-corrected chi connectivity index (χ3v) is 4.52. The second kappa shape index (κ2) is 12.0. The Morgan fingerprint density at radius 1 is 1.09 bits per heavy atom. The standard InChI is InChI=1S/C21H23N3O9/c1-32-18-8-7-15(24(30)31)9-14(18)10-16(20(27)28)22-19(26)17(11-25)23-21(29)33-12-13-5-3-2-4-6-13/h2-9,16-17,25H,10-12H2,1H3,(H,22,26)(H,23,29)(H,27,28)/t16-,17+/m1/s1. The van der Waals surface area contributed by atoms with Crippen LogP contribution in [0.15, 0.2) is 48.5 Å². The van der Waals surface area contributed by atoms with Crippen molar-refractivity contribution >= 4 is 23.7 Å². The van der Waals surface area contributed by atoms with Gasteiger partial charge in [-0.1, -0.05) is 30.3 Å². The van der Waals surface area contributed by atoms with Gasteiger partial charge in [-0.25, -0.2) is 9.59 Å². The van der Waals surface area contributed by atoms with Gasteiger partial charge in [0.2, 0.25) is 5.91 Å². The van der Waals surface area contributed by atoms with Crippen LogP contribution in [0.25, 0.3) is 0 Å². The highest BCUT2D eigenvalue weighted by Gasteiger charge is 2.28. The average molecular weight is 461 g/mol. The largest absolute Gasteiger partial charge is 0.496 e. The normalized spacial score (nSPS) is 12.2. The van der Waals surface area contributed by atoms with Crippen LogP contribution in [0, 0.1) is 10.1 Å². The van der Waals surface area contributed by atoms with E-state index in [1.807, 2.05) is 0 Å². The van der Waals surface area contributed by atoms with E-state index in [9.17, 15) is 34.7 Å². The molecule has 0 aromatic heterocycles. The van der Waals surface area contributed by atoms with E-state index in [1.165, 1.54) is 19.2 Å². The molecule has 0 spiro atoms. The van der Waals surface area contributed by atoms with Crippen molar-refractivity contribution in [3.63, 3.8) is 0 Å². The molecule has 2 aromatic rings. The second-order valence-electron chi connectivity index (χ2n) is 6.80. The fourth-order valence-corrected chi connectivity index (χ4v) is 2.83. The highest BCUT2D eigenvalue weighted by atomic mass is 16.6.